The second kappa shape index (κ2) is 7.25. The Kier molecular flexibility index (Phi) is 5.94. The van der Waals surface area contributed by atoms with Crippen molar-refractivity contribution in [3.05, 3.63) is 29.6 Å². The quantitative estimate of drug-likeness (QED) is 0.589. The molecule has 1 aromatic rings. The lowest BCUT2D eigenvalue weighted by Crippen LogP contribution is -2.08. The van der Waals surface area contributed by atoms with Gasteiger partial charge in [-0.1, -0.05) is 13.8 Å². The standard InChI is InChI=1S/C13H20FNO2/c1-10(2)8-16-3-4-17-9-11-5-12(14)7-13(15)6-11/h5-7,10H,3-4,8-9,15H2,1-2H3. The first-order chi connectivity index (χ1) is 8.08. The zero-order valence-corrected chi connectivity index (χ0v) is 10.4. The molecule has 96 valence electrons. The minimum Gasteiger partial charge on any atom is -0.399 e. The van der Waals surface area contributed by atoms with Crippen molar-refractivity contribution in [1.29, 1.82) is 0 Å². The molecule has 0 saturated heterocycles. The largest absolute Gasteiger partial charge is 0.399 e. The molecule has 0 aliphatic rings. The number of ether oxygens (including phenoxy) is 2. The predicted molar refractivity (Wildman–Crippen MR) is 66.1 cm³/mol. The van der Waals surface area contributed by atoms with Gasteiger partial charge in [-0.05, 0) is 29.7 Å². The first kappa shape index (κ1) is 13.9. The number of hydrogen-bond donors (Lipinski definition) is 1. The van der Waals surface area contributed by atoms with Crippen molar-refractivity contribution in [2.75, 3.05) is 25.6 Å². The Hall–Kier alpha value is -1.13. The minimum absolute atomic E-state index is 0.334. The maximum absolute atomic E-state index is 13.0. The molecule has 1 rings (SSSR count). The van der Waals surface area contributed by atoms with E-state index in [1.165, 1.54) is 12.1 Å². The van der Waals surface area contributed by atoms with E-state index in [9.17, 15) is 4.39 Å². The molecule has 0 saturated carbocycles. The number of halogens is 1. The van der Waals surface area contributed by atoms with Gasteiger partial charge in [0.05, 0.1) is 19.8 Å². The van der Waals surface area contributed by atoms with Crippen molar-refractivity contribution < 1.29 is 13.9 Å². The molecule has 0 aliphatic carbocycles. The maximum Gasteiger partial charge on any atom is 0.125 e. The Labute approximate surface area is 102 Å². The smallest absolute Gasteiger partial charge is 0.125 e. The molecular weight excluding hydrogens is 221 g/mol. The molecule has 0 atom stereocenters. The van der Waals surface area contributed by atoms with Gasteiger partial charge in [0.25, 0.3) is 0 Å². The average molecular weight is 241 g/mol. The number of nitrogens with two attached hydrogens (primary N) is 1. The van der Waals surface area contributed by atoms with Crippen LogP contribution in [0.15, 0.2) is 18.2 Å². The van der Waals surface area contributed by atoms with E-state index in [0.29, 0.717) is 31.4 Å². The summed E-state index contributed by atoms with van der Waals surface area (Å²) in [4.78, 5) is 0. The molecule has 4 heteroatoms. The fraction of sp³-hybridized carbons (Fsp3) is 0.538. The Morgan fingerprint density at radius 1 is 1.18 bits per heavy atom. The van der Waals surface area contributed by atoms with Crippen molar-refractivity contribution in [1.82, 2.24) is 0 Å². The fourth-order valence-electron chi connectivity index (χ4n) is 1.39. The monoisotopic (exact) mass is 241 g/mol. The van der Waals surface area contributed by atoms with Gasteiger partial charge in [-0.25, -0.2) is 4.39 Å². The average Bonchev–Trinajstić information content (AvgIpc) is 2.21. The summed E-state index contributed by atoms with van der Waals surface area (Å²) >= 11 is 0. The Morgan fingerprint density at radius 3 is 2.53 bits per heavy atom. The molecule has 17 heavy (non-hydrogen) atoms. The third kappa shape index (κ3) is 6.24. The molecule has 1 aromatic carbocycles. The second-order valence-electron chi connectivity index (χ2n) is 4.41. The molecule has 0 spiro atoms. The highest BCUT2D eigenvalue weighted by atomic mass is 19.1. The van der Waals surface area contributed by atoms with E-state index in [1.54, 1.807) is 6.07 Å². The lowest BCUT2D eigenvalue weighted by atomic mass is 10.2. The summed E-state index contributed by atoms with van der Waals surface area (Å²) < 4.78 is 23.7. The van der Waals surface area contributed by atoms with Crippen LogP contribution in [-0.2, 0) is 16.1 Å². The third-order valence-electron chi connectivity index (χ3n) is 2.07. The highest BCUT2D eigenvalue weighted by Crippen LogP contribution is 2.11. The number of nitrogen functional groups attached to an aromatic ring is 1. The minimum atomic E-state index is -0.334. The van der Waals surface area contributed by atoms with Crippen LogP contribution < -0.4 is 5.73 Å². The molecule has 0 bridgehead atoms. The zero-order chi connectivity index (χ0) is 12.7. The Balaban J connectivity index is 2.18. The van der Waals surface area contributed by atoms with E-state index in [-0.39, 0.29) is 5.82 Å². The van der Waals surface area contributed by atoms with Gasteiger partial charge in [-0.15, -0.1) is 0 Å². The van der Waals surface area contributed by atoms with Gasteiger partial charge >= 0.3 is 0 Å². The number of rotatable bonds is 7. The van der Waals surface area contributed by atoms with Crippen molar-refractivity contribution in [2.24, 2.45) is 5.92 Å². The maximum atomic E-state index is 13.0. The first-order valence-electron chi connectivity index (χ1n) is 5.78. The van der Waals surface area contributed by atoms with E-state index < -0.39 is 0 Å². The summed E-state index contributed by atoms with van der Waals surface area (Å²) in [6, 6.07) is 4.42. The van der Waals surface area contributed by atoms with E-state index >= 15 is 0 Å². The van der Waals surface area contributed by atoms with Crippen LogP contribution in [0.25, 0.3) is 0 Å². The molecule has 3 nitrogen and oxygen atoms in total. The van der Waals surface area contributed by atoms with Gasteiger partial charge in [-0.2, -0.15) is 0 Å². The summed E-state index contributed by atoms with van der Waals surface area (Å²) in [6.45, 7) is 6.34. The van der Waals surface area contributed by atoms with E-state index in [1.807, 2.05) is 0 Å². The van der Waals surface area contributed by atoms with E-state index in [4.69, 9.17) is 15.2 Å². The number of anilines is 1. The second-order valence-corrected chi connectivity index (χ2v) is 4.41. The van der Waals surface area contributed by atoms with Crippen LogP contribution in [-0.4, -0.2) is 19.8 Å². The highest BCUT2D eigenvalue weighted by molar-refractivity contribution is 5.41. The van der Waals surface area contributed by atoms with Crippen molar-refractivity contribution in [2.45, 2.75) is 20.5 Å². The Morgan fingerprint density at radius 2 is 1.88 bits per heavy atom. The zero-order valence-electron chi connectivity index (χ0n) is 10.4. The lowest BCUT2D eigenvalue weighted by molar-refractivity contribution is 0.0314. The summed E-state index contributed by atoms with van der Waals surface area (Å²) in [7, 11) is 0. The highest BCUT2D eigenvalue weighted by Gasteiger charge is 1.99. The van der Waals surface area contributed by atoms with E-state index in [0.717, 1.165) is 12.2 Å². The predicted octanol–water partition coefficient (Wildman–Crippen LogP) is 2.60. The normalized spacial score (nSPS) is 11.1. The van der Waals surface area contributed by atoms with Gasteiger partial charge < -0.3 is 15.2 Å². The van der Waals surface area contributed by atoms with Crippen molar-refractivity contribution in [3.63, 3.8) is 0 Å². The van der Waals surface area contributed by atoms with Crippen LogP contribution in [0.1, 0.15) is 19.4 Å². The molecule has 2 N–H and O–H groups in total. The van der Waals surface area contributed by atoms with Crippen LogP contribution in [0.2, 0.25) is 0 Å². The van der Waals surface area contributed by atoms with Crippen LogP contribution >= 0.6 is 0 Å². The summed E-state index contributed by atoms with van der Waals surface area (Å²) in [5.41, 5.74) is 6.68. The summed E-state index contributed by atoms with van der Waals surface area (Å²) in [5.74, 6) is 0.192. The molecule has 0 unspecified atom stereocenters. The lowest BCUT2D eigenvalue weighted by Gasteiger charge is -2.08. The fourth-order valence-corrected chi connectivity index (χ4v) is 1.39. The molecule has 0 radical (unpaired) electrons. The molecule has 0 aromatic heterocycles. The van der Waals surface area contributed by atoms with Crippen LogP contribution in [0.4, 0.5) is 10.1 Å². The Bertz CT molecular complexity index is 322. The van der Waals surface area contributed by atoms with Crippen molar-refractivity contribution in [3.8, 4) is 0 Å². The van der Waals surface area contributed by atoms with Gasteiger partial charge in [-0.3, -0.25) is 0 Å². The molecule has 0 fully saturated rings. The van der Waals surface area contributed by atoms with Gasteiger partial charge in [0.15, 0.2) is 0 Å². The van der Waals surface area contributed by atoms with Crippen LogP contribution in [0, 0.1) is 11.7 Å². The van der Waals surface area contributed by atoms with Gasteiger partial charge in [0.1, 0.15) is 5.82 Å². The number of benzene rings is 1. The van der Waals surface area contributed by atoms with E-state index in [2.05, 4.69) is 13.8 Å². The molecule has 0 heterocycles. The molecule has 0 aliphatic heterocycles. The SMILES string of the molecule is CC(C)COCCOCc1cc(N)cc(F)c1. The summed E-state index contributed by atoms with van der Waals surface area (Å²) in [5, 5.41) is 0. The van der Waals surface area contributed by atoms with Crippen molar-refractivity contribution >= 4 is 5.69 Å². The van der Waals surface area contributed by atoms with Crippen LogP contribution in [0.3, 0.4) is 0 Å². The third-order valence-corrected chi connectivity index (χ3v) is 2.07. The summed E-state index contributed by atoms with van der Waals surface area (Å²) in [6.07, 6.45) is 0. The first-order valence-corrected chi connectivity index (χ1v) is 5.78. The number of hydrogen-bond acceptors (Lipinski definition) is 3. The van der Waals surface area contributed by atoms with Gasteiger partial charge in [0, 0.05) is 12.3 Å². The topological polar surface area (TPSA) is 44.5 Å². The molecular formula is C13H20FNO2. The molecule has 0 amide bonds. The van der Waals surface area contributed by atoms with Gasteiger partial charge in [0.2, 0.25) is 0 Å². The van der Waals surface area contributed by atoms with Crippen LogP contribution in [0.5, 0.6) is 0 Å².